The molecule has 0 fully saturated rings. The van der Waals surface area contributed by atoms with Crippen LogP contribution in [0.4, 0.5) is 5.69 Å². The lowest BCUT2D eigenvalue weighted by Gasteiger charge is -2.03. The van der Waals surface area contributed by atoms with E-state index >= 15 is 0 Å². The molecule has 0 radical (unpaired) electrons. The molecule has 0 aliphatic carbocycles. The third-order valence-electron chi connectivity index (χ3n) is 1.63. The van der Waals surface area contributed by atoms with Gasteiger partial charge in [-0.2, -0.15) is 0 Å². The van der Waals surface area contributed by atoms with Crippen LogP contribution >= 0.6 is 11.6 Å². The van der Waals surface area contributed by atoms with E-state index in [-0.39, 0.29) is 12.4 Å². The van der Waals surface area contributed by atoms with Crippen LogP contribution in [0.5, 0.6) is 0 Å². The van der Waals surface area contributed by atoms with E-state index in [4.69, 9.17) is 22.1 Å². The summed E-state index contributed by atoms with van der Waals surface area (Å²) in [6.45, 7) is 2.15. The Morgan fingerprint density at radius 2 is 2.21 bits per heavy atom. The number of esters is 1. The molecular formula is C10H12ClNO2. The van der Waals surface area contributed by atoms with Crippen LogP contribution < -0.4 is 5.73 Å². The summed E-state index contributed by atoms with van der Waals surface area (Å²) < 4.78 is 4.80. The number of carbonyl (C=O) groups excluding carboxylic acids is 1. The van der Waals surface area contributed by atoms with E-state index in [0.29, 0.717) is 17.3 Å². The van der Waals surface area contributed by atoms with Gasteiger partial charge in [-0.25, -0.2) is 0 Å². The summed E-state index contributed by atoms with van der Waals surface area (Å²) in [7, 11) is 0. The number of hydrogen-bond donors (Lipinski definition) is 1. The molecule has 1 aromatic rings. The minimum absolute atomic E-state index is 0.207. The van der Waals surface area contributed by atoms with Gasteiger partial charge in [-0.3, -0.25) is 4.79 Å². The van der Waals surface area contributed by atoms with E-state index in [1.54, 1.807) is 25.1 Å². The molecule has 76 valence electrons. The molecule has 0 aromatic heterocycles. The van der Waals surface area contributed by atoms with Crippen molar-refractivity contribution in [2.75, 3.05) is 12.3 Å². The third-order valence-corrected chi connectivity index (χ3v) is 1.85. The van der Waals surface area contributed by atoms with Crippen molar-refractivity contribution in [3.8, 4) is 0 Å². The van der Waals surface area contributed by atoms with Gasteiger partial charge in [0.1, 0.15) is 0 Å². The molecule has 0 saturated heterocycles. The van der Waals surface area contributed by atoms with E-state index in [9.17, 15) is 4.79 Å². The van der Waals surface area contributed by atoms with Crippen molar-refractivity contribution in [1.82, 2.24) is 0 Å². The molecule has 0 unspecified atom stereocenters. The lowest BCUT2D eigenvalue weighted by molar-refractivity contribution is -0.142. The predicted molar refractivity (Wildman–Crippen MR) is 56.2 cm³/mol. The molecule has 3 nitrogen and oxygen atoms in total. The van der Waals surface area contributed by atoms with Crippen molar-refractivity contribution in [2.45, 2.75) is 13.3 Å². The molecule has 0 aliphatic rings. The van der Waals surface area contributed by atoms with Gasteiger partial charge >= 0.3 is 5.97 Å². The molecule has 1 rings (SSSR count). The zero-order valence-corrected chi connectivity index (χ0v) is 8.67. The second-order valence-corrected chi connectivity index (χ2v) is 3.31. The number of rotatable bonds is 3. The Hall–Kier alpha value is -1.22. The molecule has 0 aliphatic heterocycles. The molecule has 2 N–H and O–H groups in total. The maximum absolute atomic E-state index is 11.1. The van der Waals surface area contributed by atoms with Gasteiger partial charge in [0.05, 0.1) is 13.0 Å². The molecule has 0 heterocycles. The monoisotopic (exact) mass is 213 g/mol. The van der Waals surface area contributed by atoms with Crippen LogP contribution in [0.25, 0.3) is 0 Å². The Kier molecular flexibility index (Phi) is 3.77. The Morgan fingerprint density at radius 1 is 1.50 bits per heavy atom. The molecule has 14 heavy (non-hydrogen) atoms. The van der Waals surface area contributed by atoms with Gasteiger partial charge in [0.2, 0.25) is 0 Å². The predicted octanol–water partition coefficient (Wildman–Crippen LogP) is 2.03. The minimum Gasteiger partial charge on any atom is -0.466 e. The molecule has 4 heteroatoms. The quantitative estimate of drug-likeness (QED) is 0.618. The van der Waals surface area contributed by atoms with Crippen molar-refractivity contribution in [3.63, 3.8) is 0 Å². The number of benzene rings is 1. The van der Waals surface area contributed by atoms with Crippen LogP contribution in [-0.4, -0.2) is 12.6 Å². The van der Waals surface area contributed by atoms with Gasteiger partial charge in [-0.1, -0.05) is 11.6 Å². The van der Waals surface area contributed by atoms with E-state index in [0.717, 1.165) is 5.56 Å². The molecule has 0 atom stereocenters. The largest absolute Gasteiger partial charge is 0.466 e. The number of ether oxygens (including phenoxy) is 1. The van der Waals surface area contributed by atoms with E-state index in [1.165, 1.54) is 0 Å². The van der Waals surface area contributed by atoms with Crippen LogP contribution in [-0.2, 0) is 16.0 Å². The van der Waals surface area contributed by atoms with Crippen molar-refractivity contribution < 1.29 is 9.53 Å². The van der Waals surface area contributed by atoms with Crippen LogP contribution in [0, 0.1) is 0 Å². The second-order valence-electron chi connectivity index (χ2n) is 2.87. The van der Waals surface area contributed by atoms with Crippen molar-refractivity contribution in [2.24, 2.45) is 0 Å². The first-order valence-electron chi connectivity index (χ1n) is 4.32. The average Bonchev–Trinajstić information content (AvgIpc) is 2.01. The number of anilines is 1. The Labute approximate surface area is 87.8 Å². The summed E-state index contributed by atoms with van der Waals surface area (Å²) in [5.41, 5.74) is 6.90. The van der Waals surface area contributed by atoms with Crippen LogP contribution in [0.1, 0.15) is 12.5 Å². The Balaban J connectivity index is 2.71. The lowest BCUT2D eigenvalue weighted by Crippen LogP contribution is -2.07. The first kappa shape index (κ1) is 10.9. The molecule has 0 saturated carbocycles. The van der Waals surface area contributed by atoms with Gasteiger partial charge < -0.3 is 10.5 Å². The molecule has 0 amide bonds. The fraction of sp³-hybridized carbons (Fsp3) is 0.300. The average molecular weight is 214 g/mol. The Bertz CT molecular complexity index is 319. The highest BCUT2D eigenvalue weighted by Crippen LogP contribution is 2.17. The molecule has 1 aromatic carbocycles. The van der Waals surface area contributed by atoms with Crippen molar-refractivity contribution >= 4 is 23.3 Å². The zero-order valence-electron chi connectivity index (χ0n) is 7.92. The summed E-state index contributed by atoms with van der Waals surface area (Å²) >= 11 is 5.78. The summed E-state index contributed by atoms with van der Waals surface area (Å²) in [6, 6.07) is 5.05. The number of nitrogens with two attached hydrogens (primary N) is 1. The molecule has 0 bridgehead atoms. The lowest BCUT2D eigenvalue weighted by atomic mass is 10.1. The fourth-order valence-corrected chi connectivity index (χ4v) is 1.42. The van der Waals surface area contributed by atoms with Gasteiger partial charge in [-0.05, 0) is 30.7 Å². The number of halogens is 1. The third kappa shape index (κ3) is 3.26. The number of nitrogen functional groups attached to an aromatic ring is 1. The molecular weight excluding hydrogens is 202 g/mol. The van der Waals surface area contributed by atoms with Crippen LogP contribution in [0.15, 0.2) is 18.2 Å². The SMILES string of the molecule is CCOC(=O)Cc1cc(N)cc(Cl)c1. The topological polar surface area (TPSA) is 52.3 Å². The highest BCUT2D eigenvalue weighted by Gasteiger charge is 2.05. The smallest absolute Gasteiger partial charge is 0.310 e. The van der Waals surface area contributed by atoms with Gasteiger partial charge in [0, 0.05) is 10.7 Å². The van der Waals surface area contributed by atoms with Crippen LogP contribution in [0.3, 0.4) is 0 Å². The maximum Gasteiger partial charge on any atom is 0.310 e. The summed E-state index contributed by atoms with van der Waals surface area (Å²) in [5, 5.41) is 0.532. The normalized spacial score (nSPS) is 9.86. The fourth-order valence-electron chi connectivity index (χ4n) is 1.16. The summed E-state index contributed by atoms with van der Waals surface area (Å²) in [5.74, 6) is -0.269. The van der Waals surface area contributed by atoms with E-state index in [2.05, 4.69) is 0 Å². The standard InChI is InChI=1S/C10H12ClNO2/c1-2-14-10(13)5-7-3-8(11)6-9(12)4-7/h3-4,6H,2,5,12H2,1H3. The maximum atomic E-state index is 11.1. The van der Waals surface area contributed by atoms with E-state index < -0.39 is 0 Å². The van der Waals surface area contributed by atoms with Gasteiger partial charge in [0.15, 0.2) is 0 Å². The van der Waals surface area contributed by atoms with Crippen LogP contribution in [0.2, 0.25) is 5.02 Å². The van der Waals surface area contributed by atoms with Gasteiger partial charge in [-0.15, -0.1) is 0 Å². The zero-order chi connectivity index (χ0) is 10.6. The van der Waals surface area contributed by atoms with Crippen molar-refractivity contribution in [3.05, 3.63) is 28.8 Å². The first-order chi connectivity index (χ1) is 6.61. The highest BCUT2D eigenvalue weighted by atomic mass is 35.5. The highest BCUT2D eigenvalue weighted by molar-refractivity contribution is 6.30. The first-order valence-corrected chi connectivity index (χ1v) is 4.70. The molecule has 0 spiro atoms. The number of hydrogen-bond acceptors (Lipinski definition) is 3. The van der Waals surface area contributed by atoms with Crippen molar-refractivity contribution in [1.29, 1.82) is 0 Å². The number of carbonyl (C=O) groups is 1. The van der Waals surface area contributed by atoms with E-state index in [1.807, 2.05) is 0 Å². The van der Waals surface area contributed by atoms with Gasteiger partial charge in [0.25, 0.3) is 0 Å². The summed E-state index contributed by atoms with van der Waals surface area (Å²) in [6.07, 6.45) is 0.207. The summed E-state index contributed by atoms with van der Waals surface area (Å²) in [4.78, 5) is 11.1. The second kappa shape index (κ2) is 4.86. The Morgan fingerprint density at radius 3 is 2.79 bits per heavy atom. The minimum atomic E-state index is -0.269.